The van der Waals surface area contributed by atoms with E-state index in [1.54, 1.807) is 19.2 Å². The van der Waals surface area contributed by atoms with Crippen LogP contribution in [0.25, 0.3) is 33.5 Å². The van der Waals surface area contributed by atoms with Crippen LogP contribution in [0, 0.1) is 12.7 Å². The minimum atomic E-state index is -1.26. The normalized spacial score (nSPS) is 12.4. The number of hydrogen-bond acceptors (Lipinski definition) is 5. The molecule has 10 heteroatoms. The molecule has 2 heterocycles. The first-order valence-electron chi connectivity index (χ1n) is 14.8. The van der Waals surface area contributed by atoms with Crippen molar-refractivity contribution < 1.29 is 18.7 Å². The summed E-state index contributed by atoms with van der Waals surface area (Å²) in [6.45, 7) is 19.7. The summed E-state index contributed by atoms with van der Waals surface area (Å²) < 4.78 is 30.5. The second-order valence-electron chi connectivity index (χ2n) is 13.5. The van der Waals surface area contributed by atoms with Crippen molar-refractivity contribution in [2.24, 2.45) is 0 Å². The van der Waals surface area contributed by atoms with Crippen molar-refractivity contribution >= 4 is 33.3 Å². The Morgan fingerprint density at radius 1 is 0.952 bits per heavy atom. The molecule has 0 aliphatic carbocycles. The zero-order chi connectivity index (χ0) is 30.7. The molecular weight excluding hydrogens is 564 g/mol. The summed E-state index contributed by atoms with van der Waals surface area (Å²) in [7, 11) is -2.49. The summed E-state index contributed by atoms with van der Waals surface area (Å²) >= 11 is 0. The van der Waals surface area contributed by atoms with E-state index in [1.807, 2.05) is 27.4 Å². The van der Waals surface area contributed by atoms with Gasteiger partial charge in [0.15, 0.2) is 12.1 Å². The Hall–Kier alpha value is -2.93. The highest BCUT2D eigenvalue weighted by Crippen LogP contribution is 2.34. The van der Waals surface area contributed by atoms with Crippen LogP contribution < -0.4 is 0 Å². The Kier molecular flexibility index (Phi) is 10.0. The number of aldehydes is 1. The third-order valence-corrected chi connectivity index (χ3v) is 10.8. The molecule has 0 radical (unpaired) electrons. The van der Waals surface area contributed by atoms with Gasteiger partial charge in [-0.1, -0.05) is 58.3 Å². The van der Waals surface area contributed by atoms with Gasteiger partial charge in [0.2, 0.25) is 0 Å². The SMILES string of the molecule is CCc1cc(C)c(F)cc1-c1ccc2c(-c3nc(C=O)cn3COCC[Si](C)(C)C)nn(COCC[Si](C)(C)C)c2c1. The van der Waals surface area contributed by atoms with Crippen molar-refractivity contribution in [3.63, 3.8) is 0 Å². The lowest BCUT2D eigenvalue weighted by Crippen LogP contribution is -2.22. The summed E-state index contributed by atoms with van der Waals surface area (Å²) in [4.78, 5) is 16.3. The molecule has 0 spiro atoms. The molecule has 226 valence electrons. The number of fused-ring (bicyclic) bond motifs is 1. The number of ether oxygens (including phenoxy) is 2. The van der Waals surface area contributed by atoms with Crippen molar-refractivity contribution in [2.75, 3.05) is 13.2 Å². The van der Waals surface area contributed by atoms with E-state index in [0.29, 0.717) is 36.0 Å². The smallest absolute Gasteiger partial charge is 0.170 e. The number of benzene rings is 2. The van der Waals surface area contributed by atoms with E-state index in [2.05, 4.69) is 57.3 Å². The fourth-order valence-corrected chi connectivity index (χ4v) is 6.27. The second kappa shape index (κ2) is 13.2. The third-order valence-electron chi connectivity index (χ3n) is 7.39. The number of nitrogens with zero attached hydrogens (tertiary/aromatic N) is 4. The van der Waals surface area contributed by atoms with E-state index in [9.17, 15) is 9.18 Å². The average molecular weight is 609 g/mol. The Morgan fingerprint density at radius 3 is 2.24 bits per heavy atom. The van der Waals surface area contributed by atoms with Crippen LogP contribution in [0.5, 0.6) is 0 Å². The molecule has 0 aliphatic rings. The summed E-state index contributed by atoms with van der Waals surface area (Å²) in [5, 5.41) is 5.84. The summed E-state index contributed by atoms with van der Waals surface area (Å²) in [6.07, 6.45) is 3.25. The molecule has 0 saturated carbocycles. The van der Waals surface area contributed by atoms with Crippen LogP contribution in [0.2, 0.25) is 51.4 Å². The van der Waals surface area contributed by atoms with Crippen molar-refractivity contribution in [1.82, 2.24) is 19.3 Å². The van der Waals surface area contributed by atoms with E-state index >= 15 is 0 Å². The van der Waals surface area contributed by atoms with E-state index in [-0.39, 0.29) is 19.3 Å². The highest BCUT2D eigenvalue weighted by Gasteiger charge is 2.21. The van der Waals surface area contributed by atoms with Crippen LogP contribution >= 0.6 is 0 Å². The maximum absolute atomic E-state index is 14.7. The van der Waals surface area contributed by atoms with Gasteiger partial charge in [-0.05, 0) is 65.9 Å². The number of rotatable bonds is 14. The van der Waals surface area contributed by atoms with E-state index in [0.717, 1.165) is 52.4 Å². The monoisotopic (exact) mass is 608 g/mol. The molecule has 7 nitrogen and oxygen atoms in total. The number of halogens is 1. The molecule has 4 rings (SSSR count). The van der Waals surface area contributed by atoms with Gasteiger partial charge in [-0.25, -0.2) is 14.1 Å². The van der Waals surface area contributed by atoms with Crippen LogP contribution in [0.4, 0.5) is 4.39 Å². The fourth-order valence-electron chi connectivity index (χ4n) is 4.76. The average Bonchev–Trinajstić information content (AvgIpc) is 3.50. The lowest BCUT2D eigenvalue weighted by Gasteiger charge is -2.16. The third kappa shape index (κ3) is 7.91. The molecule has 0 N–H and O–H groups in total. The quantitative estimate of drug-likeness (QED) is 0.0824. The first-order chi connectivity index (χ1) is 19.8. The van der Waals surface area contributed by atoms with Crippen molar-refractivity contribution in [2.45, 2.75) is 85.1 Å². The van der Waals surface area contributed by atoms with Gasteiger partial charge in [0.05, 0.1) is 5.52 Å². The van der Waals surface area contributed by atoms with E-state index in [1.165, 1.54) is 0 Å². The Bertz CT molecular complexity index is 1550. The zero-order valence-electron chi connectivity index (χ0n) is 26.4. The van der Waals surface area contributed by atoms with Gasteiger partial charge < -0.3 is 14.0 Å². The topological polar surface area (TPSA) is 71.2 Å². The zero-order valence-corrected chi connectivity index (χ0v) is 28.4. The van der Waals surface area contributed by atoms with Gasteiger partial charge in [0.25, 0.3) is 0 Å². The lowest BCUT2D eigenvalue weighted by molar-refractivity contribution is 0.0816. The van der Waals surface area contributed by atoms with Crippen molar-refractivity contribution in [1.29, 1.82) is 0 Å². The number of imidazole rings is 1. The summed E-state index contributed by atoms with van der Waals surface area (Å²) in [6, 6.07) is 11.7. The highest BCUT2D eigenvalue weighted by molar-refractivity contribution is 6.76. The lowest BCUT2D eigenvalue weighted by atomic mass is 9.95. The fraction of sp³-hybridized carbons (Fsp3) is 0.469. The molecule has 0 atom stereocenters. The largest absolute Gasteiger partial charge is 0.361 e. The minimum absolute atomic E-state index is 0.219. The standard InChI is InChI=1S/C32H45FN4O3Si2/c1-9-24-16-23(2)29(33)18-28(24)25-10-11-27-30(17-25)37(22-40-13-15-42(6,7)8)35-31(27)32-34-26(20-38)19-36(32)21-39-12-14-41(3,4)5/h10-11,16-20H,9,12-15,21-22H2,1-8H3. The molecule has 0 amide bonds. The minimum Gasteiger partial charge on any atom is -0.361 e. The van der Waals surface area contributed by atoms with E-state index < -0.39 is 16.1 Å². The molecule has 0 bridgehead atoms. The van der Waals surface area contributed by atoms with Crippen LogP contribution in [0.15, 0.2) is 36.5 Å². The number of hydrogen-bond donors (Lipinski definition) is 0. The number of carbonyl (C=O) groups excluding carboxylic acids is 1. The Morgan fingerprint density at radius 2 is 1.62 bits per heavy atom. The summed E-state index contributed by atoms with van der Waals surface area (Å²) in [5.41, 5.74) is 5.36. The maximum atomic E-state index is 14.7. The molecule has 0 unspecified atom stereocenters. The molecule has 0 saturated heterocycles. The van der Waals surface area contributed by atoms with Gasteiger partial charge in [0.1, 0.15) is 30.7 Å². The number of aromatic nitrogens is 4. The molecule has 2 aromatic carbocycles. The van der Waals surface area contributed by atoms with E-state index in [4.69, 9.17) is 14.6 Å². The second-order valence-corrected chi connectivity index (χ2v) is 24.7. The van der Waals surface area contributed by atoms with Crippen LogP contribution in [-0.2, 0) is 29.4 Å². The predicted octanol–water partition coefficient (Wildman–Crippen LogP) is 8.01. The molecule has 42 heavy (non-hydrogen) atoms. The molecule has 2 aromatic heterocycles. The summed E-state index contributed by atoms with van der Waals surface area (Å²) in [5.74, 6) is 0.350. The number of carbonyl (C=O) groups is 1. The first kappa shape index (κ1) is 32.0. The van der Waals surface area contributed by atoms with Gasteiger partial charge in [-0.15, -0.1) is 0 Å². The van der Waals surface area contributed by atoms with Crippen molar-refractivity contribution in [3.8, 4) is 22.6 Å². The molecular formula is C32H45FN4O3Si2. The Balaban J connectivity index is 1.77. The molecule has 0 fully saturated rings. The van der Waals surface area contributed by atoms with Crippen LogP contribution in [0.3, 0.4) is 0 Å². The van der Waals surface area contributed by atoms with Gasteiger partial charge in [-0.3, -0.25) is 4.79 Å². The van der Waals surface area contributed by atoms with Gasteiger partial charge in [0, 0.05) is 40.9 Å². The first-order valence-corrected chi connectivity index (χ1v) is 22.2. The van der Waals surface area contributed by atoms with Crippen LogP contribution in [0.1, 0.15) is 28.5 Å². The van der Waals surface area contributed by atoms with Crippen LogP contribution in [-0.4, -0.2) is 55.0 Å². The molecule has 4 aromatic rings. The predicted molar refractivity (Wildman–Crippen MR) is 174 cm³/mol. The molecule has 0 aliphatic heterocycles. The highest BCUT2D eigenvalue weighted by atomic mass is 28.3. The number of aryl methyl sites for hydroxylation is 2. The van der Waals surface area contributed by atoms with Gasteiger partial charge in [-0.2, -0.15) is 5.10 Å². The maximum Gasteiger partial charge on any atom is 0.170 e. The van der Waals surface area contributed by atoms with Gasteiger partial charge >= 0.3 is 0 Å². The van der Waals surface area contributed by atoms with Crippen molar-refractivity contribution in [3.05, 3.63) is 59.2 Å². The Labute approximate surface area is 251 Å².